The molecule has 1 atom stereocenters. The van der Waals surface area contributed by atoms with E-state index in [1.54, 1.807) is 20.3 Å². The first-order chi connectivity index (χ1) is 13.9. The number of nitrogens with zero attached hydrogens (tertiary/aromatic N) is 2. The van der Waals surface area contributed by atoms with Crippen molar-refractivity contribution in [2.24, 2.45) is 5.10 Å². The quantitative estimate of drug-likeness (QED) is 0.773. The first-order valence-electron chi connectivity index (χ1n) is 9.33. The molecule has 2 aromatic rings. The highest BCUT2D eigenvalue weighted by Crippen LogP contribution is 2.42. The summed E-state index contributed by atoms with van der Waals surface area (Å²) in [7, 11) is 3.11. The van der Waals surface area contributed by atoms with E-state index in [1.165, 1.54) is 5.01 Å². The van der Waals surface area contributed by atoms with Gasteiger partial charge in [-0.2, -0.15) is 5.10 Å². The number of ether oxygens (including phenoxy) is 2. The molecule has 0 fully saturated rings. The molecule has 0 saturated carbocycles. The van der Waals surface area contributed by atoms with Gasteiger partial charge in [-0.15, -0.1) is 0 Å². The van der Waals surface area contributed by atoms with E-state index in [0.29, 0.717) is 17.9 Å². The van der Waals surface area contributed by atoms with Gasteiger partial charge in [0, 0.05) is 18.4 Å². The van der Waals surface area contributed by atoms with E-state index in [4.69, 9.17) is 14.6 Å². The van der Waals surface area contributed by atoms with Crippen molar-refractivity contribution in [3.63, 3.8) is 0 Å². The van der Waals surface area contributed by atoms with Crippen molar-refractivity contribution in [2.75, 3.05) is 14.2 Å². The van der Waals surface area contributed by atoms with Gasteiger partial charge in [-0.3, -0.25) is 9.59 Å². The number of hydrogen-bond acceptors (Lipinski definition) is 5. The maximum absolute atomic E-state index is 12.8. The molecule has 1 heterocycles. The zero-order valence-electron chi connectivity index (χ0n) is 16.7. The lowest BCUT2D eigenvalue weighted by Crippen LogP contribution is -2.27. The second-order valence-electron chi connectivity index (χ2n) is 6.85. The van der Waals surface area contributed by atoms with E-state index in [2.05, 4.69) is 5.10 Å². The Bertz CT molecular complexity index is 954. The van der Waals surface area contributed by atoms with Gasteiger partial charge in [-0.25, -0.2) is 5.01 Å². The minimum atomic E-state index is -1.02. The van der Waals surface area contributed by atoms with Gasteiger partial charge in [-0.05, 0) is 18.6 Å². The Hall–Kier alpha value is -3.35. The van der Waals surface area contributed by atoms with Gasteiger partial charge < -0.3 is 14.6 Å². The molecule has 0 unspecified atom stereocenters. The zero-order valence-corrected chi connectivity index (χ0v) is 16.7. The molecule has 1 aliphatic rings. The van der Waals surface area contributed by atoms with Crippen molar-refractivity contribution in [2.45, 2.75) is 32.2 Å². The highest BCUT2D eigenvalue weighted by molar-refractivity contribution is 6.03. The third kappa shape index (κ3) is 4.39. The van der Waals surface area contributed by atoms with Crippen LogP contribution in [-0.4, -0.2) is 41.9 Å². The smallest absolute Gasteiger partial charge is 0.303 e. The van der Waals surface area contributed by atoms with E-state index in [9.17, 15) is 9.59 Å². The second-order valence-corrected chi connectivity index (χ2v) is 6.85. The van der Waals surface area contributed by atoms with Gasteiger partial charge in [0.25, 0.3) is 0 Å². The Balaban J connectivity index is 2.01. The number of amides is 1. The minimum absolute atomic E-state index is 0.122. The van der Waals surface area contributed by atoms with Crippen LogP contribution in [0.3, 0.4) is 0 Å². The molecule has 1 amide bonds. The largest absolute Gasteiger partial charge is 0.493 e. The van der Waals surface area contributed by atoms with Crippen LogP contribution in [0.2, 0.25) is 0 Å². The van der Waals surface area contributed by atoms with Crippen molar-refractivity contribution in [3.8, 4) is 11.5 Å². The second kappa shape index (κ2) is 8.77. The number of carbonyl (C=O) groups excluding carboxylic acids is 1. The predicted molar refractivity (Wildman–Crippen MR) is 108 cm³/mol. The Kier molecular flexibility index (Phi) is 6.16. The van der Waals surface area contributed by atoms with Gasteiger partial charge in [0.05, 0.1) is 32.4 Å². The first kappa shape index (κ1) is 20.4. The molecular formula is C22H24N2O5. The fourth-order valence-electron chi connectivity index (χ4n) is 3.48. The molecular weight excluding hydrogens is 372 g/mol. The van der Waals surface area contributed by atoms with Crippen LogP contribution in [0.4, 0.5) is 0 Å². The highest BCUT2D eigenvalue weighted by Gasteiger charge is 2.35. The number of carbonyl (C=O) groups is 2. The number of hydrazone groups is 1. The standard InChI is InChI=1S/C22H24N2O5/c1-14-6-4-7-15(12-14)17-13-18(24(23-17)20(25)10-11-21(26)27)16-8-5-9-19(28-2)22(16)29-3/h4-9,12,18H,10-11,13H2,1-3H3,(H,26,27)/t18-/m1/s1. The molecule has 3 rings (SSSR count). The average molecular weight is 396 g/mol. The molecule has 152 valence electrons. The summed E-state index contributed by atoms with van der Waals surface area (Å²) in [6, 6.07) is 13.0. The summed E-state index contributed by atoms with van der Waals surface area (Å²) in [4.78, 5) is 23.7. The molecule has 7 heteroatoms. The molecule has 1 N–H and O–H groups in total. The van der Waals surface area contributed by atoms with Crippen LogP contribution in [0.5, 0.6) is 11.5 Å². The monoisotopic (exact) mass is 396 g/mol. The number of para-hydroxylation sites is 1. The third-order valence-electron chi connectivity index (χ3n) is 4.86. The molecule has 0 aromatic heterocycles. The van der Waals surface area contributed by atoms with Gasteiger partial charge in [0.15, 0.2) is 11.5 Å². The molecule has 2 aromatic carbocycles. The van der Waals surface area contributed by atoms with Crippen LogP contribution < -0.4 is 9.47 Å². The summed E-state index contributed by atoms with van der Waals surface area (Å²) >= 11 is 0. The van der Waals surface area contributed by atoms with Crippen LogP contribution in [0.15, 0.2) is 47.6 Å². The fraction of sp³-hybridized carbons (Fsp3) is 0.318. The first-order valence-corrected chi connectivity index (χ1v) is 9.33. The number of aliphatic carboxylic acids is 1. The summed E-state index contributed by atoms with van der Waals surface area (Å²) in [5.74, 6) is -0.260. The molecule has 7 nitrogen and oxygen atoms in total. The van der Waals surface area contributed by atoms with E-state index < -0.39 is 12.0 Å². The SMILES string of the molecule is COc1cccc([C@H]2CC(c3cccc(C)c3)=NN2C(=O)CCC(=O)O)c1OC. The third-order valence-corrected chi connectivity index (χ3v) is 4.86. The normalized spacial score (nSPS) is 15.8. The Morgan fingerprint density at radius 1 is 1.14 bits per heavy atom. The molecule has 29 heavy (non-hydrogen) atoms. The Morgan fingerprint density at radius 2 is 1.90 bits per heavy atom. The van der Waals surface area contributed by atoms with Crippen molar-refractivity contribution in [1.82, 2.24) is 5.01 Å². The highest BCUT2D eigenvalue weighted by atomic mass is 16.5. The number of hydrogen-bond donors (Lipinski definition) is 1. The van der Waals surface area contributed by atoms with Crippen LogP contribution >= 0.6 is 0 Å². The lowest BCUT2D eigenvalue weighted by molar-refractivity contribution is -0.141. The minimum Gasteiger partial charge on any atom is -0.493 e. The fourth-order valence-corrected chi connectivity index (χ4v) is 3.48. The number of rotatable bonds is 7. The van der Waals surface area contributed by atoms with Crippen LogP contribution in [-0.2, 0) is 9.59 Å². The van der Waals surface area contributed by atoms with Crippen molar-refractivity contribution in [1.29, 1.82) is 0 Å². The van der Waals surface area contributed by atoms with Crippen molar-refractivity contribution < 1.29 is 24.2 Å². The molecule has 1 aliphatic heterocycles. The molecule has 0 bridgehead atoms. The Labute approximate surface area is 169 Å². The van der Waals surface area contributed by atoms with Gasteiger partial charge in [0.2, 0.25) is 5.91 Å². The lowest BCUT2D eigenvalue weighted by Gasteiger charge is -2.24. The van der Waals surface area contributed by atoms with Gasteiger partial charge >= 0.3 is 5.97 Å². The van der Waals surface area contributed by atoms with Crippen molar-refractivity contribution in [3.05, 3.63) is 59.2 Å². The van der Waals surface area contributed by atoms with Crippen molar-refractivity contribution >= 4 is 17.6 Å². The number of aryl methyl sites for hydroxylation is 1. The summed E-state index contributed by atoms with van der Waals surface area (Å²) in [5.41, 5.74) is 3.57. The average Bonchev–Trinajstić information content (AvgIpc) is 3.16. The molecule has 0 aliphatic carbocycles. The number of carboxylic acid groups (broad SMARTS) is 1. The van der Waals surface area contributed by atoms with E-state index in [0.717, 1.165) is 22.4 Å². The van der Waals surface area contributed by atoms with Gasteiger partial charge in [-0.1, -0.05) is 42.0 Å². The summed E-state index contributed by atoms with van der Waals surface area (Å²) in [5, 5.41) is 14.9. The summed E-state index contributed by atoms with van der Waals surface area (Å²) in [6.45, 7) is 2.00. The van der Waals surface area contributed by atoms with E-state index in [1.807, 2.05) is 43.3 Å². The lowest BCUT2D eigenvalue weighted by atomic mass is 9.96. The maximum Gasteiger partial charge on any atom is 0.303 e. The van der Waals surface area contributed by atoms with Crippen LogP contribution in [0.1, 0.15) is 42.0 Å². The summed E-state index contributed by atoms with van der Waals surface area (Å²) in [6.07, 6.45) is 0.126. The van der Waals surface area contributed by atoms with Gasteiger partial charge in [0.1, 0.15) is 0 Å². The molecule has 0 saturated heterocycles. The predicted octanol–water partition coefficient (Wildman–Crippen LogP) is 3.55. The van der Waals surface area contributed by atoms with Crippen LogP contribution in [0, 0.1) is 6.92 Å². The van der Waals surface area contributed by atoms with E-state index in [-0.39, 0.29) is 18.7 Å². The zero-order chi connectivity index (χ0) is 21.0. The molecule has 0 radical (unpaired) electrons. The van der Waals surface area contributed by atoms with E-state index >= 15 is 0 Å². The topological polar surface area (TPSA) is 88.4 Å². The maximum atomic E-state index is 12.8. The number of methoxy groups -OCH3 is 2. The molecule has 0 spiro atoms. The Morgan fingerprint density at radius 3 is 2.55 bits per heavy atom. The number of benzene rings is 2. The number of carboxylic acids is 1. The van der Waals surface area contributed by atoms with Crippen LogP contribution in [0.25, 0.3) is 0 Å². The summed E-state index contributed by atoms with van der Waals surface area (Å²) < 4.78 is 11.0.